The van der Waals surface area contributed by atoms with E-state index in [9.17, 15) is 48.7 Å². The lowest BCUT2D eigenvalue weighted by molar-refractivity contribution is -0.00711. The molecule has 0 bridgehead atoms. The van der Waals surface area contributed by atoms with Crippen molar-refractivity contribution in [3.63, 3.8) is 0 Å². The normalized spacial score (nSPS) is 14.5. The van der Waals surface area contributed by atoms with E-state index < -0.39 is 52.8 Å². The first-order valence-electron chi connectivity index (χ1n) is 15.1. The van der Waals surface area contributed by atoms with Gasteiger partial charge in [-0.3, -0.25) is 19.2 Å². The Bertz CT molecular complexity index is 1420. The predicted octanol–water partition coefficient (Wildman–Crippen LogP) is 12.6. The minimum Gasteiger partial charge on any atom is -0.294 e. The highest BCUT2D eigenvalue weighted by molar-refractivity contribution is 5.30. The van der Waals surface area contributed by atoms with Gasteiger partial charge in [-0.25, -0.2) is 30.7 Å². The summed E-state index contributed by atoms with van der Waals surface area (Å²) in [6.07, 6.45) is 4.73. The monoisotopic (exact) mass is 726 g/mol. The smallest absolute Gasteiger partial charge is 0.194 e. The summed E-state index contributed by atoms with van der Waals surface area (Å²) in [6, 6.07) is 16.1. The Labute approximate surface area is 283 Å². The zero-order valence-corrected chi connectivity index (χ0v) is 27.4. The first kappa shape index (κ1) is 43.5. The third-order valence-corrected chi connectivity index (χ3v) is 7.12. The van der Waals surface area contributed by atoms with E-state index in [0.29, 0.717) is 30.2 Å². The molecular formula is C36H37F11O3. The van der Waals surface area contributed by atoms with Crippen LogP contribution in [0.3, 0.4) is 0 Å². The van der Waals surface area contributed by atoms with Gasteiger partial charge in [-0.2, -0.15) is 0 Å². The lowest BCUT2D eigenvalue weighted by Crippen LogP contribution is -2.13. The summed E-state index contributed by atoms with van der Waals surface area (Å²) in [5, 5.41) is 0. The standard InChI is InChI=1S/C8H15F.C8H9F.C7H4F4O.C7H7FO.C6H2F4O/c2*1-7-2-4-8(6-9)5-3-7;8-3-5-6(9)1-4(12-11)2-7(5)10;1-6-2-4-7(9-8)5-3-6;7-4-1-3(11-10)2-5(8)6(4)9/h7-8H,2-6H2,1H3;2-5H,6H2,1H3;1-2H,3H2;2-5H,1H3;1-2H. The van der Waals surface area contributed by atoms with E-state index in [-0.39, 0.29) is 19.1 Å². The van der Waals surface area contributed by atoms with Crippen molar-refractivity contribution in [3.8, 4) is 17.2 Å². The number of hydrogen-bond acceptors (Lipinski definition) is 3. The number of hydrogen-bond donors (Lipinski definition) is 0. The third kappa shape index (κ3) is 16.3. The van der Waals surface area contributed by atoms with Crippen LogP contribution in [0.2, 0.25) is 0 Å². The highest BCUT2D eigenvalue weighted by Crippen LogP contribution is 2.28. The maximum atomic E-state index is 12.6. The summed E-state index contributed by atoms with van der Waals surface area (Å²) >= 11 is 0. The first-order chi connectivity index (χ1) is 23.8. The highest BCUT2D eigenvalue weighted by Gasteiger charge is 2.17. The second-order valence-electron chi connectivity index (χ2n) is 11.1. The molecule has 0 N–H and O–H groups in total. The third-order valence-electron chi connectivity index (χ3n) is 7.12. The first-order valence-corrected chi connectivity index (χ1v) is 15.1. The van der Waals surface area contributed by atoms with Gasteiger partial charge in [0.05, 0.1) is 12.2 Å². The number of halogens is 11. The van der Waals surface area contributed by atoms with E-state index in [1.165, 1.54) is 18.4 Å². The van der Waals surface area contributed by atoms with Crippen LogP contribution in [0.5, 0.6) is 17.2 Å². The molecule has 4 aromatic carbocycles. The van der Waals surface area contributed by atoms with Gasteiger partial charge in [0.1, 0.15) is 25.0 Å². The van der Waals surface area contributed by atoms with Crippen LogP contribution in [-0.2, 0) is 13.3 Å². The minimum absolute atomic E-state index is 0.0906. The summed E-state index contributed by atoms with van der Waals surface area (Å²) < 4.78 is 131. The number of alkyl halides is 3. The van der Waals surface area contributed by atoms with Crippen molar-refractivity contribution in [2.75, 3.05) is 6.67 Å². The van der Waals surface area contributed by atoms with Crippen molar-refractivity contribution in [3.05, 3.63) is 124 Å². The molecule has 0 radical (unpaired) electrons. The Morgan fingerprint density at radius 2 is 0.940 bits per heavy atom. The van der Waals surface area contributed by atoms with Crippen molar-refractivity contribution in [1.29, 1.82) is 0 Å². The number of rotatable bonds is 6. The van der Waals surface area contributed by atoms with Crippen molar-refractivity contribution >= 4 is 0 Å². The number of benzene rings is 4. The molecule has 0 atom stereocenters. The Hall–Kier alpha value is -4.49. The van der Waals surface area contributed by atoms with E-state index in [1.54, 1.807) is 36.4 Å². The van der Waals surface area contributed by atoms with Gasteiger partial charge in [0.15, 0.2) is 34.7 Å². The molecular weight excluding hydrogens is 689 g/mol. The second-order valence-corrected chi connectivity index (χ2v) is 11.1. The molecule has 0 spiro atoms. The zero-order valence-electron chi connectivity index (χ0n) is 27.4. The molecule has 1 aliphatic rings. The summed E-state index contributed by atoms with van der Waals surface area (Å²) in [4.78, 5) is 9.53. The summed E-state index contributed by atoms with van der Waals surface area (Å²) in [5.74, 6) is -6.77. The van der Waals surface area contributed by atoms with Crippen LogP contribution in [0.25, 0.3) is 0 Å². The average Bonchev–Trinajstić information content (AvgIpc) is 3.12. The van der Waals surface area contributed by atoms with Gasteiger partial charge in [0, 0.05) is 37.8 Å². The van der Waals surface area contributed by atoms with Crippen LogP contribution in [0, 0.1) is 54.8 Å². The van der Waals surface area contributed by atoms with Crippen LogP contribution in [0.1, 0.15) is 54.9 Å². The van der Waals surface area contributed by atoms with Crippen molar-refractivity contribution < 1.29 is 63.5 Å². The Morgan fingerprint density at radius 1 is 0.540 bits per heavy atom. The molecule has 0 amide bonds. The van der Waals surface area contributed by atoms with E-state index in [1.807, 2.05) is 26.0 Å². The second kappa shape index (κ2) is 23.8. The van der Waals surface area contributed by atoms with E-state index in [0.717, 1.165) is 29.9 Å². The minimum atomic E-state index is -1.65. The maximum Gasteiger partial charge on any atom is 0.194 e. The fraction of sp³-hybridized carbons (Fsp3) is 0.333. The Morgan fingerprint density at radius 3 is 1.30 bits per heavy atom. The van der Waals surface area contributed by atoms with Crippen molar-refractivity contribution in [1.82, 2.24) is 0 Å². The van der Waals surface area contributed by atoms with Gasteiger partial charge >= 0.3 is 0 Å². The van der Waals surface area contributed by atoms with Gasteiger partial charge in [0.2, 0.25) is 0 Å². The van der Waals surface area contributed by atoms with Gasteiger partial charge in [-0.15, -0.1) is 0 Å². The highest BCUT2D eigenvalue weighted by atomic mass is 19.3. The van der Waals surface area contributed by atoms with E-state index in [2.05, 4.69) is 21.7 Å². The molecule has 1 fully saturated rings. The largest absolute Gasteiger partial charge is 0.294 e. The number of aryl methyl sites for hydroxylation is 2. The fourth-order valence-corrected chi connectivity index (χ4v) is 4.08. The molecule has 5 rings (SSSR count). The quantitative estimate of drug-likeness (QED) is 0.146. The fourth-order valence-electron chi connectivity index (χ4n) is 4.08. The molecule has 0 heterocycles. The SMILES string of the molecule is CC1CCC(CF)CC1.Cc1ccc(CF)cc1.Cc1ccc(OF)cc1.FCc1c(F)cc(OF)cc1F.FOc1cc(F)c(F)c(F)c1. The van der Waals surface area contributed by atoms with Gasteiger partial charge in [-0.05, 0) is 56.2 Å². The van der Waals surface area contributed by atoms with Gasteiger partial charge < -0.3 is 0 Å². The molecule has 0 unspecified atom stereocenters. The van der Waals surface area contributed by atoms with Crippen LogP contribution in [0.15, 0.2) is 72.8 Å². The lowest BCUT2D eigenvalue weighted by Gasteiger charge is -2.23. The summed E-state index contributed by atoms with van der Waals surface area (Å²) in [5.41, 5.74) is 2.29. The molecule has 4 aromatic rings. The zero-order chi connectivity index (χ0) is 37.6. The predicted molar refractivity (Wildman–Crippen MR) is 167 cm³/mol. The topological polar surface area (TPSA) is 27.7 Å². The van der Waals surface area contributed by atoms with E-state index >= 15 is 0 Å². The molecule has 0 saturated heterocycles. The van der Waals surface area contributed by atoms with E-state index in [4.69, 9.17) is 0 Å². The summed E-state index contributed by atoms with van der Waals surface area (Å²) in [7, 11) is 0. The molecule has 0 aliphatic heterocycles. The molecule has 276 valence electrons. The van der Waals surface area contributed by atoms with Crippen LogP contribution in [-0.4, -0.2) is 6.67 Å². The molecule has 3 nitrogen and oxygen atoms in total. The lowest BCUT2D eigenvalue weighted by atomic mass is 9.84. The summed E-state index contributed by atoms with van der Waals surface area (Å²) in [6.45, 7) is 4.45. The van der Waals surface area contributed by atoms with Crippen molar-refractivity contribution in [2.45, 2.75) is 59.8 Å². The van der Waals surface area contributed by atoms with Crippen LogP contribution < -0.4 is 14.8 Å². The average molecular weight is 727 g/mol. The Balaban J connectivity index is 0.000000314. The maximum absolute atomic E-state index is 12.6. The molecule has 14 heteroatoms. The van der Waals surface area contributed by atoms with Crippen LogP contribution >= 0.6 is 0 Å². The van der Waals surface area contributed by atoms with Gasteiger partial charge in [0.25, 0.3) is 0 Å². The molecule has 1 saturated carbocycles. The molecule has 50 heavy (non-hydrogen) atoms. The van der Waals surface area contributed by atoms with Gasteiger partial charge in [-0.1, -0.05) is 67.3 Å². The molecule has 0 aromatic heterocycles. The Kier molecular flexibility index (Phi) is 20.7. The van der Waals surface area contributed by atoms with Crippen molar-refractivity contribution in [2.24, 2.45) is 11.8 Å². The van der Waals surface area contributed by atoms with Crippen LogP contribution in [0.4, 0.5) is 48.7 Å². The molecule has 1 aliphatic carbocycles.